The number of halogens is 2. The number of benzene rings is 2. The first-order valence-electron chi connectivity index (χ1n) is 8.58. The van der Waals surface area contributed by atoms with E-state index in [-0.39, 0.29) is 11.9 Å². The fourth-order valence-corrected chi connectivity index (χ4v) is 3.15. The van der Waals surface area contributed by atoms with E-state index in [1.165, 1.54) is 12.4 Å². The molecule has 0 amide bonds. The maximum atomic E-state index is 14.2. The maximum absolute atomic E-state index is 14.2. The zero-order valence-electron chi connectivity index (χ0n) is 14.3. The van der Waals surface area contributed by atoms with E-state index in [1.807, 2.05) is 70.5 Å². The molecular formula is C20H20F2N4. The van der Waals surface area contributed by atoms with Crippen LogP contribution in [0.2, 0.25) is 0 Å². The van der Waals surface area contributed by atoms with Crippen LogP contribution in [0.5, 0.6) is 0 Å². The van der Waals surface area contributed by atoms with Gasteiger partial charge in [-0.2, -0.15) is 8.78 Å². The third-order valence-corrected chi connectivity index (χ3v) is 4.59. The third kappa shape index (κ3) is 3.35. The van der Waals surface area contributed by atoms with Crippen molar-refractivity contribution in [1.82, 2.24) is 9.80 Å². The summed E-state index contributed by atoms with van der Waals surface area (Å²) < 4.78 is 28.5. The second-order valence-electron chi connectivity index (χ2n) is 6.32. The first kappa shape index (κ1) is 16.4. The highest BCUT2D eigenvalue weighted by molar-refractivity contribution is 5.51. The van der Waals surface area contributed by atoms with Crippen LogP contribution < -0.4 is 9.80 Å². The van der Waals surface area contributed by atoms with Crippen LogP contribution in [0.1, 0.15) is 0 Å². The van der Waals surface area contributed by atoms with Crippen molar-refractivity contribution in [2.45, 2.75) is 0 Å². The van der Waals surface area contributed by atoms with Crippen molar-refractivity contribution in [3.05, 3.63) is 85.0 Å². The van der Waals surface area contributed by atoms with Gasteiger partial charge in [0.1, 0.15) is 0 Å². The predicted octanol–water partition coefficient (Wildman–Crippen LogP) is 4.08. The lowest BCUT2D eigenvalue weighted by molar-refractivity contribution is 0.231. The van der Waals surface area contributed by atoms with Gasteiger partial charge in [-0.25, -0.2) is 0 Å². The molecule has 2 aliphatic rings. The minimum Gasteiger partial charge on any atom is -0.327 e. The van der Waals surface area contributed by atoms with Crippen LogP contribution in [0.4, 0.5) is 20.2 Å². The molecule has 0 unspecified atom stereocenters. The lowest BCUT2D eigenvalue weighted by Gasteiger charge is -2.26. The van der Waals surface area contributed by atoms with Crippen molar-refractivity contribution in [3.63, 3.8) is 0 Å². The molecule has 4 nitrogen and oxygen atoms in total. The van der Waals surface area contributed by atoms with Gasteiger partial charge in [0.2, 0.25) is 11.9 Å². The topological polar surface area (TPSA) is 13.0 Å². The Balaban J connectivity index is 1.34. The highest BCUT2D eigenvalue weighted by atomic mass is 19.1. The Bertz CT molecular complexity index is 738. The van der Waals surface area contributed by atoms with Gasteiger partial charge in [-0.15, -0.1) is 0 Å². The largest absolute Gasteiger partial charge is 0.327 e. The SMILES string of the molecule is FC1=CN(c2ccccc2)CN1CCN1CN(c2ccccc2)C=C1F. The van der Waals surface area contributed by atoms with Crippen LogP contribution in [-0.4, -0.2) is 36.2 Å². The molecule has 0 radical (unpaired) electrons. The van der Waals surface area contributed by atoms with Crippen LogP contribution in [-0.2, 0) is 0 Å². The molecule has 0 atom stereocenters. The minimum absolute atomic E-state index is 0.294. The fraction of sp³-hybridized carbons (Fsp3) is 0.200. The fourth-order valence-electron chi connectivity index (χ4n) is 3.15. The molecule has 0 fully saturated rings. The molecule has 0 saturated carbocycles. The summed E-state index contributed by atoms with van der Waals surface area (Å²) >= 11 is 0. The lowest BCUT2D eigenvalue weighted by Crippen LogP contribution is -2.35. The molecule has 0 aromatic heterocycles. The van der Waals surface area contributed by atoms with E-state index in [2.05, 4.69) is 0 Å². The summed E-state index contributed by atoms with van der Waals surface area (Å²) in [5, 5.41) is 0. The highest BCUT2D eigenvalue weighted by Crippen LogP contribution is 2.26. The molecule has 6 heteroatoms. The van der Waals surface area contributed by atoms with Gasteiger partial charge >= 0.3 is 0 Å². The van der Waals surface area contributed by atoms with Crippen LogP contribution in [0, 0.1) is 0 Å². The second-order valence-corrected chi connectivity index (χ2v) is 6.32. The first-order valence-corrected chi connectivity index (χ1v) is 8.58. The maximum Gasteiger partial charge on any atom is 0.207 e. The quantitative estimate of drug-likeness (QED) is 0.750. The normalized spacial score (nSPS) is 17.0. The highest BCUT2D eigenvalue weighted by Gasteiger charge is 2.25. The molecule has 0 saturated heterocycles. The summed E-state index contributed by atoms with van der Waals surface area (Å²) in [5.41, 5.74) is 1.88. The first-order chi connectivity index (χ1) is 12.7. The van der Waals surface area contributed by atoms with Gasteiger partial charge in [-0.05, 0) is 24.3 Å². The Morgan fingerprint density at radius 2 is 1.00 bits per heavy atom. The molecule has 26 heavy (non-hydrogen) atoms. The molecule has 0 aliphatic carbocycles. The molecule has 0 bridgehead atoms. The van der Waals surface area contributed by atoms with E-state index in [0.717, 1.165) is 11.4 Å². The van der Waals surface area contributed by atoms with Crippen molar-refractivity contribution in [2.24, 2.45) is 0 Å². The van der Waals surface area contributed by atoms with Crippen LogP contribution in [0.15, 0.2) is 85.0 Å². The van der Waals surface area contributed by atoms with Crippen molar-refractivity contribution >= 4 is 11.4 Å². The Hall–Kier alpha value is -3.02. The molecule has 2 aromatic carbocycles. The van der Waals surface area contributed by atoms with E-state index in [4.69, 9.17) is 0 Å². The van der Waals surface area contributed by atoms with Crippen molar-refractivity contribution < 1.29 is 8.78 Å². The Morgan fingerprint density at radius 3 is 1.38 bits per heavy atom. The molecule has 0 N–H and O–H groups in total. The molecule has 2 aliphatic heterocycles. The Kier molecular flexibility index (Phi) is 4.48. The summed E-state index contributed by atoms with van der Waals surface area (Å²) in [6.45, 7) is 1.68. The standard InChI is InChI=1S/C20H20F2N4/c21-19-13-25(17-7-3-1-4-8-17)15-23(19)11-12-24-16-26(14-20(24)22)18-9-5-2-6-10-18/h1-10,13-14H,11-12,15-16H2. The summed E-state index contributed by atoms with van der Waals surface area (Å²) in [5.74, 6) is -0.588. The van der Waals surface area contributed by atoms with Crippen LogP contribution in [0.25, 0.3) is 0 Å². The summed E-state index contributed by atoms with van der Waals surface area (Å²) in [7, 11) is 0. The number of para-hydroxylation sites is 2. The van der Waals surface area contributed by atoms with E-state index in [0.29, 0.717) is 26.4 Å². The van der Waals surface area contributed by atoms with Crippen molar-refractivity contribution in [2.75, 3.05) is 36.2 Å². The lowest BCUT2D eigenvalue weighted by atomic mass is 10.3. The van der Waals surface area contributed by atoms with Crippen molar-refractivity contribution in [1.29, 1.82) is 0 Å². The smallest absolute Gasteiger partial charge is 0.207 e. The van der Waals surface area contributed by atoms with Gasteiger partial charge in [0, 0.05) is 24.5 Å². The molecular weight excluding hydrogens is 334 g/mol. The van der Waals surface area contributed by atoms with E-state index in [1.54, 1.807) is 9.80 Å². The summed E-state index contributed by atoms with van der Waals surface area (Å²) in [6.07, 6.45) is 2.98. The molecule has 0 spiro atoms. The Morgan fingerprint density at radius 1 is 0.615 bits per heavy atom. The summed E-state index contributed by atoms with van der Waals surface area (Å²) in [6, 6.07) is 19.3. The predicted molar refractivity (Wildman–Crippen MR) is 99.4 cm³/mol. The number of nitrogens with zero attached hydrogens (tertiary/aromatic N) is 4. The number of hydrogen-bond donors (Lipinski definition) is 0. The Labute approximate surface area is 151 Å². The van der Waals surface area contributed by atoms with Gasteiger partial charge in [-0.3, -0.25) is 0 Å². The van der Waals surface area contributed by atoms with Crippen LogP contribution >= 0.6 is 0 Å². The zero-order valence-corrected chi connectivity index (χ0v) is 14.3. The van der Waals surface area contributed by atoms with E-state index >= 15 is 0 Å². The molecule has 2 aromatic rings. The van der Waals surface area contributed by atoms with E-state index in [9.17, 15) is 8.78 Å². The molecule has 4 rings (SSSR count). The number of hydrogen-bond acceptors (Lipinski definition) is 4. The zero-order chi connectivity index (χ0) is 17.9. The van der Waals surface area contributed by atoms with Gasteiger partial charge in [0.15, 0.2) is 0 Å². The van der Waals surface area contributed by atoms with Gasteiger partial charge < -0.3 is 19.6 Å². The summed E-state index contributed by atoms with van der Waals surface area (Å²) in [4.78, 5) is 6.93. The number of rotatable bonds is 5. The van der Waals surface area contributed by atoms with E-state index < -0.39 is 0 Å². The van der Waals surface area contributed by atoms with Gasteiger partial charge in [0.25, 0.3) is 0 Å². The minimum atomic E-state index is -0.294. The third-order valence-electron chi connectivity index (χ3n) is 4.59. The molecule has 134 valence electrons. The van der Waals surface area contributed by atoms with Gasteiger partial charge in [-0.1, -0.05) is 36.4 Å². The second kappa shape index (κ2) is 7.07. The average molecular weight is 354 g/mol. The monoisotopic (exact) mass is 354 g/mol. The average Bonchev–Trinajstić information content (AvgIpc) is 3.24. The van der Waals surface area contributed by atoms with Gasteiger partial charge in [0.05, 0.1) is 25.7 Å². The van der Waals surface area contributed by atoms with Crippen LogP contribution in [0.3, 0.4) is 0 Å². The van der Waals surface area contributed by atoms with Crippen molar-refractivity contribution in [3.8, 4) is 0 Å². The molecule has 2 heterocycles. The number of anilines is 2.